The Morgan fingerprint density at radius 3 is 2.53 bits per heavy atom. The van der Waals surface area contributed by atoms with Gasteiger partial charge in [0.1, 0.15) is 5.82 Å². The number of aliphatic hydroxyl groups excluding tert-OH is 1. The van der Waals surface area contributed by atoms with Crippen molar-refractivity contribution in [2.24, 2.45) is 0 Å². The van der Waals surface area contributed by atoms with Crippen LogP contribution in [0.2, 0.25) is 0 Å². The second-order valence-corrected chi connectivity index (χ2v) is 4.78. The van der Waals surface area contributed by atoms with Crippen LogP contribution < -0.4 is 10.6 Å². The Hall–Kier alpha value is -1.99. The average molecular weight is 278 g/mol. The van der Waals surface area contributed by atoms with Gasteiger partial charge >= 0.3 is 6.03 Å². The van der Waals surface area contributed by atoms with E-state index in [0.29, 0.717) is 16.6 Å². The van der Waals surface area contributed by atoms with E-state index in [1.807, 2.05) is 0 Å². The number of rotatable bonds is 3. The lowest BCUT2D eigenvalue weighted by Crippen LogP contribution is -2.19. The number of hydrogen-bond acceptors (Lipinski definition) is 5. The average Bonchev–Trinajstić information content (AvgIpc) is 2.75. The van der Waals surface area contributed by atoms with Gasteiger partial charge in [-0.05, 0) is 31.5 Å². The third kappa shape index (κ3) is 3.73. The maximum absolute atomic E-state index is 11.7. The van der Waals surface area contributed by atoms with Crippen LogP contribution in [0.3, 0.4) is 0 Å². The van der Waals surface area contributed by atoms with Crippen LogP contribution in [0.15, 0.2) is 24.3 Å². The molecule has 0 aliphatic heterocycles. The quantitative estimate of drug-likeness (QED) is 0.805. The smallest absolute Gasteiger partial charge is 0.325 e. The molecule has 1 unspecified atom stereocenters. The number of anilines is 2. The molecule has 2 aromatic rings. The molecule has 0 saturated carbocycles. The minimum atomic E-state index is -0.521. The molecule has 0 saturated heterocycles. The maximum Gasteiger partial charge on any atom is 0.325 e. The van der Waals surface area contributed by atoms with Gasteiger partial charge in [0.25, 0.3) is 0 Å². The molecule has 1 aromatic carbocycles. The predicted molar refractivity (Wildman–Crippen MR) is 74.4 cm³/mol. The lowest BCUT2D eigenvalue weighted by molar-refractivity contribution is 0.199. The molecule has 0 aliphatic rings. The highest BCUT2D eigenvalue weighted by Crippen LogP contribution is 2.16. The van der Waals surface area contributed by atoms with Crippen LogP contribution in [0.5, 0.6) is 0 Å². The highest BCUT2D eigenvalue weighted by atomic mass is 32.1. The normalized spacial score (nSPS) is 11.9. The number of aliphatic hydroxyl groups is 1. The lowest BCUT2D eigenvalue weighted by atomic mass is 10.1. The molecular formula is C12H14N4O2S. The van der Waals surface area contributed by atoms with Gasteiger partial charge in [0.15, 0.2) is 0 Å². The SMILES string of the molecule is Cc1nsc(NC(=O)Nc2ccc(C(C)O)cc2)n1. The zero-order chi connectivity index (χ0) is 13.8. The molecule has 1 aromatic heterocycles. The molecule has 7 heteroatoms. The van der Waals surface area contributed by atoms with Gasteiger partial charge in [-0.1, -0.05) is 12.1 Å². The molecule has 0 aliphatic carbocycles. The summed E-state index contributed by atoms with van der Waals surface area (Å²) in [5.74, 6) is 0.626. The lowest BCUT2D eigenvalue weighted by Gasteiger charge is -2.07. The van der Waals surface area contributed by atoms with Gasteiger partial charge in [0.2, 0.25) is 5.13 Å². The van der Waals surface area contributed by atoms with Crippen molar-refractivity contribution in [3.63, 3.8) is 0 Å². The summed E-state index contributed by atoms with van der Waals surface area (Å²) in [5, 5.41) is 15.1. The molecule has 1 atom stereocenters. The number of carbonyl (C=O) groups excluding carboxylic acids is 1. The van der Waals surface area contributed by atoms with Gasteiger partial charge in [-0.25, -0.2) is 9.78 Å². The monoisotopic (exact) mass is 278 g/mol. The first-order chi connectivity index (χ1) is 9.04. The fourth-order valence-electron chi connectivity index (χ4n) is 1.45. The van der Waals surface area contributed by atoms with Crippen LogP contribution in [0.1, 0.15) is 24.4 Å². The summed E-state index contributed by atoms with van der Waals surface area (Å²) in [6, 6.07) is 6.60. The van der Waals surface area contributed by atoms with Crippen molar-refractivity contribution in [2.75, 3.05) is 10.6 Å². The largest absolute Gasteiger partial charge is 0.389 e. The third-order valence-corrected chi connectivity index (χ3v) is 3.12. The first-order valence-corrected chi connectivity index (χ1v) is 6.48. The van der Waals surface area contributed by atoms with E-state index in [2.05, 4.69) is 20.0 Å². The number of benzene rings is 1. The number of amides is 2. The fourth-order valence-corrected chi connectivity index (χ4v) is 2.02. The maximum atomic E-state index is 11.7. The highest BCUT2D eigenvalue weighted by molar-refractivity contribution is 7.09. The summed E-state index contributed by atoms with van der Waals surface area (Å²) >= 11 is 1.13. The fraction of sp³-hybridized carbons (Fsp3) is 0.250. The number of hydrogen-bond donors (Lipinski definition) is 3. The van der Waals surface area contributed by atoms with Crippen LogP contribution in [-0.4, -0.2) is 20.5 Å². The topological polar surface area (TPSA) is 87.1 Å². The number of carbonyl (C=O) groups is 1. The van der Waals surface area contributed by atoms with Crippen LogP contribution in [0.4, 0.5) is 15.6 Å². The highest BCUT2D eigenvalue weighted by Gasteiger charge is 2.07. The molecule has 0 spiro atoms. The Morgan fingerprint density at radius 2 is 2.00 bits per heavy atom. The van der Waals surface area contributed by atoms with Crippen LogP contribution in [-0.2, 0) is 0 Å². The van der Waals surface area contributed by atoms with E-state index in [0.717, 1.165) is 17.1 Å². The van der Waals surface area contributed by atoms with Crippen molar-refractivity contribution in [1.29, 1.82) is 0 Å². The number of aromatic nitrogens is 2. The number of nitrogens with zero attached hydrogens (tertiary/aromatic N) is 2. The molecule has 19 heavy (non-hydrogen) atoms. The van der Waals surface area contributed by atoms with E-state index in [1.165, 1.54) is 0 Å². The van der Waals surface area contributed by atoms with Crippen molar-refractivity contribution in [2.45, 2.75) is 20.0 Å². The molecular weight excluding hydrogens is 264 g/mol. The molecule has 1 heterocycles. The van der Waals surface area contributed by atoms with E-state index in [9.17, 15) is 9.90 Å². The summed E-state index contributed by atoms with van der Waals surface area (Å²) < 4.78 is 3.97. The van der Waals surface area contributed by atoms with Gasteiger partial charge in [0.05, 0.1) is 6.10 Å². The first kappa shape index (κ1) is 13.4. The summed E-state index contributed by atoms with van der Waals surface area (Å²) in [6.45, 7) is 3.45. The first-order valence-electron chi connectivity index (χ1n) is 5.71. The molecule has 0 bridgehead atoms. The zero-order valence-corrected chi connectivity index (χ0v) is 11.4. The zero-order valence-electron chi connectivity index (χ0n) is 10.5. The van der Waals surface area contributed by atoms with Gasteiger partial charge < -0.3 is 10.4 Å². The molecule has 3 N–H and O–H groups in total. The van der Waals surface area contributed by atoms with Crippen molar-refractivity contribution in [3.05, 3.63) is 35.7 Å². The number of urea groups is 1. The molecule has 2 amide bonds. The standard InChI is InChI=1S/C12H14N4O2S/c1-7(17)9-3-5-10(6-4-9)14-11(18)15-12-13-8(2)16-19-12/h3-7,17H,1-2H3,(H2,13,14,15,16,18). The van der Waals surface area contributed by atoms with E-state index in [4.69, 9.17) is 0 Å². The van der Waals surface area contributed by atoms with E-state index < -0.39 is 6.10 Å². The molecule has 2 rings (SSSR count). The second kappa shape index (κ2) is 5.77. The van der Waals surface area contributed by atoms with Gasteiger partial charge in [-0.15, -0.1) is 0 Å². The summed E-state index contributed by atoms with van der Waals surface area (Å²) in [6.07, 6.45) is -0.521. The molecule has 100 valence electrons. The minimum absolute atomic E-state index is 0.374. The molecule has 0 radical (unpaired) electrons. The van der Waals surface area contributed by atoms with Crippen molar-refractivity contribution >= 4 is 28.4 Å². The summed E-state index contributed by atoms with van der Waals surface area (Å²) in [4.78, 5) is 15.7. The second-order valence-electron chi connectivity index (χ2n) is 4.02. The number of nitrogens with one attached hydrogen (secondary N) is 2. The molecule has 0 fully saturated rings. The third-order valence-electron chi connectivity index (χ3n) is 2.40. The van der Waals surface area contributed by atoms with E-state index >= 15 is 0 Å². The minimum Gasteiger partial charge on any atom is -0.389 e. The van der Waals surface area contributed by atoms with Crippen molar-refractivity contribution in [3.8, 4) is 0 Å². The Kier molecular flexibility index (Phi) is 4.08. The Labute approximate surface area is 114 Å². The van der Waals surface area contributed by atoms with Crippen molar-refractivity contribution < 1.29 is 9.90 Å². The predicted octanol–water partition coefficient (Wildman–Crippen LogP) is 2.54. The summed E-state index contributed by atoms with van der Waals surface area (Å²) in [5.41, 5.74) is 1.44. The molecule has 6 nitrogen and oxygen atoms in total. The van der Waals surface area contributed by atoms with Gasteiger partial charge in [0, 0.05) is 17.2 Å². The van der Waals surface area contributed by atoms with Crippen LogP contribution in [0, 0.1) is 6.92 Å². The number of aryl methyl sites for hydroxylation is 1. The Morgan fingerprint density at radius 1 is 1.32 bits per heavy atom. The van der Waals surface area contributed by atoms with Crippen LogP contribution in [0.25, 0.3) is 0 Å². The van der Waals surface area contributed by atoms with Gasteiger partial charge in [-0.3, -0.25) is 5.32 Å². The Bertz CT molecular complexity index is 565. The van der Waals surface area contributed by atoms with Gasteiger partial charge in [-0.2, -0.15) is 4.37 Å². The van der Waals surface area contributed by atoms with E-state index in [-0.39, 0.29) is 6.03 Å². The van der Waals surface area contributed by atoms with Crippen LogP contribution >= 0.6 is 11.5 Å². The summed E-state index contributed by atoms with van der Waals surface area (Å²) in [7, 11) is 0. The Balaban J connectivity index is 1.95. The van der Waals surface area contributed by atoms with Crippen molar-refractivity contribution in [1.82, 2.24) is 9.36 Å². The van der Waals surface area contributed by atoms with E-state index in [1.54, 1.807) is 38.1 Å².